The second-order valence-corrected chi connectivity index (χ2v) is 12.0. The lowest BCUT2D eigenvalue weighted by Crippen LogP contribution is -2.35. The smallest absolute Gasteiger partial charge is 0.404 e. The number of aromatic nitrogens is 2. The van der Waals surface area contributed by atoms with Gasteiger partial charge in [0.05, 0.1) is 34.4 Å². The summed E-state index contributed by atoms with van der Waals surface area (Å²) in [5.41, 5.74) is 1.59. The SMILES string of the molecule is CCS(=O)(=O)c1ccc(Cl)cc1Cn1cnc2cc(CN3CC[C@@H](NC(=O)O)C3)c(Br)cc2c1=O. The van der Waals surface area contributed by atoms with Crippen molar-refractivity contribution in [1.82, 2.24) is 19.8 Å². The Bertz CT molecular complexity index is 1460. The summed E-state index contributed by atoms with van der Waals surface area (Å²) in [6, 6.07) is 8.01. The first-order valence-corrected chi connectivity index (χ1v) is 13.8. The Morgan fingerprint density at radius 3 is 2.74 bits per heavy atom. The Morgan fingerprint density at radius 2 is 2.03 bits per heavy atom. The minimum Gasteiger partial charge on any atom is -0.465 e. The van der Waals surface area contributed by atoms with Gasteiger partial charge in [0, 0.05) is 35.2 Å². The van der Waals surface area contributed by atoms with Crippen LogP contribution in [0.5, 0.6) is 0 Å². The number of sulfone groups is 1. The average molecular weight is 584 g/mol. The molecule has 2 aromatic carbocycles. The average Bonchev–Trinajstić information content (AvgIpc) is 3.23. The van der Waals surface area contributed by atoms with Gasteiger partial charge in [-0.05, 0) is 47.9 Å². The summed E-state index contributed by atoms with van der Waals surface area (Å²) in [5.74, 6) is -0.0631. The molecule has 1 amide bonds. The number of hydrogen-bond acceptors (Lipinski definition) is 6. The molecule has 0 aliphatic carbocycles. The summed E-state index contributed by atoms with van der Waals surface area (Å²) in [7, 11) is -3.50. The number of nitrogens with one attached hydrogen (secondary N) is 1. The second kappa shape index (κ2) is 10.3. The van der Waals surface area contributed by atoms with E-state index in [1.165, 1.54) is 23.0 Å². The molecule has 0 bridgehead atoms. The van der Waals surface area contributed by atoms with Crippen LogP contribution in [-0.2, 0) is 22.9 Å². The Kier molecular flexibility index (Phi) is 7.51. The van der Waals surface area contributed by atoms with Crippen molar-refractivity contribution in [2.24, 2.45) is 0 Å². The summed E-state index contributed by atoms with van der Waals surface area (Å²) in [5, 5.41) is 12.2. The van der Waals surface area contributed by atoms with Crippen LogP contribution in [0.2, 0.25) is 5.02 Å². The molecule has 0 saturated carbocycles. The van der Waals surface area contributed by atoms with E-state index >= 15 is 0 Å². The summed E-state index contributed by atoms with van der Waals surface area (Å²) >= 11 is 9.67. The van der Waals surface area contributed by atoms with Crippen LogP contribution in [-0.4, -0.2) is 59.0 Å². The monoisotopic (exact) mass is 582 g/mol. The number of fused-ring (bicyclic) bond motifs is 1. The van der Waals surface area contributed by atoms with Crippen molar-refractivity contribution >= 4 is 54.4 Å². The summed E-state index contributed by atoms with van der Waals surface area (Å²) < 4.78 is 27.2. The predicted octanol–water partition coefficient (Wildman–Crippen LogP) is 3.50. The fourth-order valence-corrected chi connectivity index (χ4v) is 6.05. The first-order valence-electron chi connectivity index (χ1n) is 11.0. The third-order valence-corrected chi connectivity index (χ3v) is 8.87. The van der Waals surface area contributed by atoms with Crippen LogP contribution < -0.4 is 10.9 Å². The molecule has 4 rings (SSSR count). The molecule has 1 saturated heterocycles. The largest absolute Gasteiger partial charge is 0.465 e. The molecule has 12 heteroatoms. The fourth-order valence-electron chi connectivity index (χ4n) is 4.28. The van der Waals surface area contributed by atoms with Crippen molar-refractivity contribution in [2.45, 2.75) is 37.4 Å². The molecule has 1 atom stereocenters. The molecule has 0 unspecified atom stereocenters. The normalized spacial score (nSPS) is 16.6. The summed E-state index contributed by atoms with van der Waals surface area (Å²) in [6.45, 7) is 3.53. The molecule has 2 N–H and O–H groups in total. The summed E-state index contributed by atoms with van der Waals surface area (Å²) in [6.07, 6.45) is 1.12. The van der Waals surface area contributed by atoms with E-state index in [0.717, 1.165) is 23.0 Å². The Labute approximate surface area is 215 Å². The first-order chi connectivity index (χ1) is 16.6. The number of halogens is 2. The lowest BCUT2D eigenvalue weighted by molar-refractivity contribution is 0.189. The molecular weight excluding hydrogens is 560 g/mol. The van der Waals surface area contributed by atoms with Crippen molar-refractivity contribution in [2.75, 3.05) is 18.8 Å². The zero-order chi connectivity index (χ0) is 25.3. The van der Waals surface area contributed by atoms with E-state index in [4.69, 9.17) is 16.7 Å². The van der Waals surface area contributed by atoms with Crippen molar-refractivity contribution in [1.29, 1.82) is 0 Å². The highest BCUT2D eigenvalue weighted by Crippen LogP contribution is 2.26. The van der Waals surface area contributed by atoms with Crippen molar-refractivity contribution in [3.8, 4) is 0 Å². The van der Waals surface area contributed by atoms with E-state index in [-0.39, 0.29) is 28.8 Å². The highest BCUT2D eigenvalue weighted by Gasteiger charge is 2.24. The van der Waals surface area contributed by atoms with E-state index in [1.807, 2.05) is 6.07 Å². The molecule has 0 radical (unpaired) electrons. The highest BCUT2D eigenvalue weighted by atomic mass is 79.9. The van der Waals surface area contributed by atoms with E-state index in [2.05, 4.69) is 31.1 Å². The minimum atomic E-state index is -3.50. The van der Waals surface area contributed by atoms with Gasteiger partial charge in [0.1, 0.15) is 0 Å². The van der Waals surface area contributed by atoms with Crippen molar-refractivity contribution in [3.63, 3.8) is 0 Å². The zero-order valence-electron chi connectivity index (χ0n) is 18.9. The number of nitrogens with zero attached hydrogens (tertiary/aromatic N) is 3. The van der Waals surface area contributed by atoms with E-state index < -0.39 is 15.9 Å². The van der Waals surface area contributed by atoms with Crippen LogP contribution >= 0.6 is 27.5 Å². The molecule has 1 aliphatic rings. The minimum absolute atomic E-state index is 0.0159. The molecule has 1 aromatic heterocycles. The molecule has 186 valence electrons. The van der Waals surface area contributed by atoms with Gasteiger partial charge in [-0.3, -0.25) is 14.3 Å². The van der Waals surface area contributed by atoms with E-state index in [1.54, 1.807) is 19.1 Å². The Morgan fingerprint density at radius 1 is 1.26 bits per heavy atom. The van der Waals surface area contributed by atoms with Crippen LogP contribution in [0.4, 0.5) is 4.79 Å². The maximum Gasteiger partial charge on any atom is 0.404 e. The summed E-state index contributed by atoms with van der Waals surface area (Å²) in [4.78, 5) is 30.9. The first kappa shape index (κ1) is 25.6. The second-order valence-electron chi connectivity index (χ2n) is 8.46. The number of likely N-dealkylation sites (tertiary alicyclic amines) is 1. The van der Waals surface area contributed by atoms with Gasteiger partial charge in [0.2, 0.25) is 0 Å². The quantitative estimate of drug-likeness (QED) is 0.437. The van der Waals surface area contributed by atoms with Crippen LogP contribution in [0.25, 0.3) is 10.9 Å². The van der Waals surface area contributed by atoms with Gasteiger partial charge < -0.3 is 10.4 Å². The molecule has 9 nitrogen and oxygen atoms in total. The van der Waals surface area contributed by atoms with Crippen LogP contribution in [0.1, 0.15) is 24.5 Å². The Hall–Kier alpha value is -2.47. The number of amides is 1. The maximum atomic E-state index is 13.2. The molecule has 1 aliphatic heterocycles. The molecule has 0 spiro atoms. The molecular formula is C23H24BrClN4O5S. The van der Waals surface area contributed by atoms with Crippen LogP contribution in [0.15, 0.2) is 50.8 Å². The fraction of sp³-hybridized carbons (Fsp3) is 0.348. The number of rotatable bonds is 7. The van der Waals surface area contributed by atoms with Gasteiger partial charge in [-0.25, -0.2) is 18.2 Å². The molecule has 2 heterocycles. The molecule has 35 heavy (non-hydrogen) atoms. The molecule has 3 aromatic rings. The van der Waals surface area contributed by atoms with Crippen LogP contribution in [0.3, 0.4) is 0 Å². The van der Waals surface area contributed by atoms with Gasteiger partial charge in [0.25, 0.3) is 5.56 Å². The van der Waals surface area contributed by atoms with Crippen molar-refractivity contribution in [3.05, 3.63) is 67.6 Å². The zero-order valence-corrected chi connectivity index (χ0v) is 22.0. The third-order valence-electron chi connectivity index (χ3n) is 6.06. The van der Waals surface area contributed by atoms with Crippen molar-refractivity contribution < 1.29 is 18.3 Å². The molecule has 1 fully saturated rings. The van der Waals surface area contributed by atoms with Gasteiger partial charge in [-0.15, -0.1) is 0 Å². The maximum absolute atomic E-state index is 13.2. The van der Waals surface area contributed by atoms with Gasteiger partial charge in [-0.1, -0.05) is 34.5 Å². The van der Waals surface area contributed by atoms with Gasteiger partial charge in [0.15, 0.2) is 9.84 Å². The Balaban J connectivity index is 1.62. The van der Waals surface area contributed by atoms with Gasteiger partial charge in [-0.2, -0.15) is 0 Å². The van der Waals surface area contributed by atoms with E-state index in [9.17, 15) is 18.0 Å². The standard InChI is InChI=1S/C23H24BrClN4O5S/c1-2-35(33,34)21-4-3-16(25)7-15(21)11-29-13-26-20-8-14(19(24)9-18(20)22(29)30)10-28-6-5-17(12-28)27-23(31)32/h3-4,7-9,13,17,27H,2,5-6,10-12H2,1H3,(H,31,32)/t17-/m1/s1. The van der Waals surface area contributed by atoms with Gasteiger partial charge >= 0.3 is 6.09 Å². The van der Waals surface area contributed by atoms with Crippen LogP contribution in [0, 0.1) is 0 Å². The predicted molar refractivity (Wildman–Crippen MR) is 137 cm³/mol. The lowest BCUT2D eigenvalue weighted by Gasteiger charge is -2.17. The lowest BCUT2D eigenvalue weighted by atomic mass is 10.1. The topological polar surface area (TPSA) is 122 Å². The highest BCUT2D eigenvalue weighted by molar-refractivity contribution is 9.10. The number of hydrogen-bond donors (Lipinski definition) is 2. The number of benzene rings is 2. The number of carboxylic acid groups (broad SMARTS) is 1. The third kappa shape index (κ3) is 5.69. The van der Waals surface area contributed by atoms with E-state index in [0.29, 0.717) is 34.6 Å². The number of carbonyl (C=O) groups is 1.